The van der Waals surface area contributed by atoms with Gasteiger partial charge in [-0.05, 0) is 29.8 Å². The van der Waals surface area contributed by atoms with E-state index in [1.54, 1.807) is 36.4 Å². The molecule has 9 heteroatoms. The second kappa shape index (κ2) is 8.00. The van der Waals surface area contributed by atoms with Gasteiger partial charge in [0.1, 0.15) is 13.2 Å². The molecule has 0 spiro atoms. The third-order valence-corrected chi connectivity index (χ3v) is 4.71. The molecule has 3 aromatic rings. The molecule has 0 saturated carbocycles. The first kappa shape index (κ1) is 19.1. The van der Waals surface area contributed by atoms with Gasteiger partial charge in [-0.3, -0.25) is 19.0 Å². The molecule has 1 N–H and O–H groups in total. The molecule has 1 aliphatic heterocycles. The van der Waals surface area contributed by atoms with Crippen molar-refractivity contribution in [3.05, 3.63) is 67.7 Å². The summed E-state index contributed by atoms with van der Waals surface area (Å²) in [7, 11) is 0. The highest BCUT2D eigenvalue weighted by molar-refractivity contribution is 6.32. The molecule has 0 atom stereocenters. The molecule has 0 saturated heterocycles. The molecule has 4 rings (SSSR count). The van der Waals surface area contributed by atoms with Crippen molar-refractivity contribution in [2.24, 2.45) is 0 Å². The van der Waals surface area contributed by atoms with E-state index in [0.717, 1.165) is 11.0 Å². The maximum atomic E-state index is 12.3. The number of hydrogen-bond acceptors (Lipinski definition) is 6. The lowest BCUT2D eigenvalue weighted by Gasteiger charge is -2.12. The number of nitrogens with one attached hydrogen (secondary N) is 1. The van der Waals surface area contributed by atoms with E-state index >= 15 is 0 Å². The van der Waals surface area contributed by atoms with Gasteiger partial charge in [0.25, 0.3) is 0 Å². The number of carbonyl (C=O) groups is 1. The molecule has 1 aromatic heterocycles. The van der Waals surface area contributed by atoms with Crippen LogP contribution in [0, 0.1) is 0 Å². The van der Waals surface area contributed by atoms with Crippen LogP contribution in [0.4, 0.5) is 0 Å². The second-order valence-electron chi connectivity index (χ2n) is 6.48. The largest absolute Gasteiger partial charge is 0.489 e. The number of esters is 1. The van der Waals surface area contributed by atoms with Crippen LogP contribution < -0.4 is 20.6 Å². The summed E-state index contributed by atoms with van der Waals surface area (Å²) in [5.74, 6) is 0.310. The van der Waals surface area contributed by atoms with E-state index in [1.807, 2.05) is 0 Å². The fourth-order valence-electron chi connectivity index (χ4n) is 3.09. The lowest BCUT2D eigenvalue weighted by molar-refractivity contribution is -0.145. The van der Waals surface area contributed by atoms with E-state index in [2.05, 4.69) is 4.98 Å². The number of halogens is 1. The minimum Gasteiger partial charge on any atom is -0.489 e. The predicted octanol–water partition coefficient (Wildman–Crippen LogP) is 2.25. The average molecular weight is 417 g/mol. The van der Waals surface area contributed by atoms with Crippen LogP contribution in [0.5, 0.6) is 11.5 Å². The third kappa shape index (κ3) is 3.97. The normalized spacial score (nSPS) is 13.1. The van der Waals surface area contributed by atoms with Gasteiger partial charge in [0.2, 0.25) is 0 Å². The lowest BCUT2D eigenvalue weighted by Crippen LogP contribution is -2.38. The quantitative estimate of drug-likeness (QED) is 0.517. The summed E-state index contributed by atoms with van der Waals surface area (Å²) in [5, 5.41) is 0.368. The molecule has 0 aliphatic carbocycles. The van der Waals surface area contributed by atoms with Crippen molar-refractivity contribution in [1.29, 1.82) is 0 Å². The van der Waals surface area contributed by atoms with E-state index in [9.17, 15) is 14.4 Å². The van der Waals surface area contributed by atoms with Crippen molar-refractivity contribution in [2.75, 3.05) is 13.2 Å². The molecule has 8 nitrogen and oxygen atoms in total. The van der Waals surface area contributed by atoms with Gasteiger partial charge in [-0.15, -0.1) is 0 Å². The van der Waals surface area contributed by atoms with Crippen molar-refractivity contribution in [3.8, 4) is 11.5 Å². The number of ether oxygens (including phenoxy) is 3. The van der Waals surface area contributed by atoms with Gasteiger partial charge in [0, 0.05) is 6.42 Å². The zero-order valence-corrected chi connectivity index (χ0v) is 16.0. The maximum absolute atomic E-state index is 12.3. The van der Waals surface area contributed by atoms with E-state index < -0.39 is 17.1 Å². The number of hydrogen-bond donors (Lipinski definition) is 1. The van der Waals surface area contributed by atoms with Crippen LogP contribution in [0.1, 0.15) is 12.0 Å². The van der Waals surface area contributed by atoms with Crippen LogP contribution >= 0.6 is 11.6 Å². The van der Waals surface area contributed by atoms with Crippen LogP contribution in [0.2, 0.25) is 5.02 Å². The lowest BCUT2D eigenvalue weighted by atomic mass is 10.2. The first-order valence-electron chi connectivity index (χ1n) is 8.98. The second-order valence-corrected chi connectivity index (χ2v) is 6.89. The van der Waals surface area contributed by atoms with Crippen molar-refractivity contribution < 1.29 is 19.0 Å². The Morgan fingerprint density at radius 3 is 2.83 bits per heavy atom. The Balaban J connectivity index is 1.52. The number of benzene rings is 2. The molecular weight excluding hydrogens is 400 g/mol. The molecule has 150 valence electrons. The van der Waals surface area contributed by atoms with Gasteiger partial charge in [0.15, 0.2) is 11.5 Å². The van der Waals surface area contributed by atoms with Crippen LogP contribution in [0.3, 0.4) is 0 Å². The number of aromatic nitrogens is 2. The number of carbonyl (C=O) groups excluding carboxylic acids is 1. The predicted molar refractivity (Wildman–Crippen MR) is 106 cm³/mol. The first-order valence-corrected chi connectivity index (χ1v) is 9.36. The van der Waals surface area contributed by atoms with Crippen LogP contribution in [-0.4, -0.2) is 28.7 Å². The molecule has 29 heavy (non-hydrogen) atoms. The summed E-state index contributed by atoms with van der Waals surface area (Å²) >= 11 is 6.24. The summed E-state index contributed by atoms with van der Waals surface area (Å²) in [6.45, 7) is 0.567. The molecule has 0 radical (unpaired) electrons. The number of fused-ring (bicyclic) bond motifs is 2. The molecule has 1 aliphatic rings. The highest BCUT2D eigenvalue weighted by Crippen LogP contribution is 2.38. The Morgan fingerprint density at radius 1 is 1.17 bits per heavy atom. The highest BCUT2D eigenvalue weighted by Gasteiger charge is 2.17. The Morgan fingerprint density at radius 2 is 1.97 bits per heavy atom. The third-order valence-electron chi connectivity index (χ3n) is 4.43. The van der Waals surface area contributed by atoms with E-state index in [0.29, 0.717) is 46.3 Å². The molecule has 2 aromatic carbocycles. The minimum atomic E-state index is -0.820. The molecule has 0 bridgehead atoms. The standard InChI is InChI=1S/C20H17ClN2O6/c21-13-8-12(9-16-18(13)28-7-3-6-27-16)11-29-17(24)10-23-15-5-2-1-4-14(15)22-19(25)20(23)26/h1-2,4-5,8-9H,3,6-7,10-11H2,(H,22,25). The number of H-pyrrole nitrogens is 1. The minimum absolute atomic E-state index is 0.0644. The fourth-order valence-corrected chi connectivity index (χ4v) is 3.37. The average Bonchev–Trinajstić information content (AvgIpc) is 2.96. The van der Waals surface area contributed by atoms with Crippen LogP contribution in [-0.2, 0) is 22.7 Å². The number of nitrogens with zero attached hydrogens (tertiary/aromatic N) is 1. The highest BCUT2D eigenvalue weighted by atomic mass is 35.5. The molecule has 0 unspecified atom stereocenters. The Bertz CT molecular complexity index is 1200. The maximum Gasteiger partial charge on any atom is 0.326 e. The Hall–Kier alpha value is -3.26. The van der Waals surface area contributed by atoms with Crippen LogP contribution in [0.25, 0.3) is 11.0 Å². The molecule has 2 heterocycles. The fraction of sp³-hybridized carbons (Fsp3) is 0.250. The van der Waals surface area contributed by atoms with Gasteiger partial charge in [-0.1, -0.05) is 23.7 Å². The smallest absolute Gasteiger partial charge is 0.326 e. The van der Waals surface area contributed by atoms with Crippen molar-refractivity contribution in [3.63, 3.8) is 0 Å². The Labute approximate surface area is 169 Å². The number of para-hydroxylation sites is 2. The summed E-state index contributed by atoms with van der Waals surface area (Å²) in [4.78, 5) is 38.9. The molecule has 0 fully saturated rings. The number of rotatable bonds is 4. The van der Waals surface area contributed by atoms with Crippen molar-refractivity contribution in [2.45, 2.75) is 19.6 Å². The van der Waals surface area contributed by atoms with Crippen LogP contribution in [0.15, 0.2) is 46.0 Å². The summed E-state index contributed by atoms with van der Waals surface area (Å²) in [6.07, 6.45) is 0.744. The number of aromatic amines is 1. The van der Waals surface area contributed by atoms with Gasteiger partial charge in [0.05, 0.1) is 29.3 Å². The molecule has 0 amide bonds. The zero-order valence-electron chi connectivity index (χ0n) is 15.3. The topological polar surface area (TPSA) is 99.6 Å². The Kier molecular flexibility index (Phi) is 5.26. The summed E-state index contributed by atoms with van der Waals surface area (Å²) in [5.41, 5.74) is -0.103. The van der Waals surface area contributed by atoms with Gasteiger partial charge >= 0.3 is 17.1 Å². The van der Waals surface area contributed by atoms with Gasteiger partial charge in [-0.25, -0.2) is 0 Å². The van der Waals surface area contributed by atoms with E-state index in [1.165, 1.54) is 0 Å². The van der Waals surface area contributed by atoms with E-state index in [-0.39, 0.29) is 13.2 Å². The SMILES string of the molecule is O=C(Cn1c(=O)c(=O)[nH]c2ccccc21)OCc1cc(Cl)c2c(c1)OCCCO2. The molecular formula is C20H17ClN2O6. The van der Waals surface area contributed by atoms with Gasteiger partial charge < -0.3 is 19.2 Å². The van der Waals surface area contributed by atoms with Crippen molar-refractivity contribution >= 4 is 28.6 Å². The van der Waals surface area contributed by atoms with Gasteiger partial charge in [-0.2, -0.15) is 0 Å². The summed E-state index contributed by atoms with van der Waals surface area (Å²) in [6, 6.07) is 10.1. The summed E-state index contributed by atoms with van der Waals surface area (Å²) < 4.78 is 17.6. The first-order chi connectivity index (χ1) is 14.0. The zero-order chi connectivity index (χ0) is 20.4. The monoisotopic (exact) mass is 416 g/mol. The van der Waals surface area contributed by atoms with Crippen molar-refractivity contribution in [1.82, 2.24) is 9.55 Å². The van der Waals surface area contributed by atoms with E-state index in [4.69, 9.17) is 25.8 Å².